The molecule has 128 valence electrons. The van der Waals surface area contributed by atoms with Gasteiger partial charge in [0.05, 0.1) is 6.20 Å². The average molecular weight is 330 g/mol. The molecule has 0 aliphatic carbocycles. The van der Waals surface area contributed by atoms with E-state index in [0.717, 1.165) is 22.6 Å². The number of nitrogens with zero attached hydrogens (tertiary/aromatic N) is 3. The van der Waals surface area contributed by atoms with E-state index in [2.05, 4.69) is 10.4 Å². The SMILES string of the molecule is CCN(Cc1ccc2c(c1)OCO2)C(=O)C(NC)c1cnn(C)c1. The quantitative estimate of drug-likeness (QED) is 0.868. The standard InChI is InChI=1S/C17H22N4O3/c1-4-21(9-12-5-6-14-15(7-12)24-11-23-14)17(22)16(18-2)13-8-19-20(3)10-13/h5-8,10,16,18H,4,9,11H2,1-3H3. The molecule has 2 heterocycles. The number of aryl methyl sites for hydroxylation is 1. The highest BCUT2D eigenvalue weighted by molar-refractivity contribution is 5.83. The number of nitrogens with one attached hydrogen (secondary N) is 1. The molecular formula is C17H22N4O3. The van der Waals surface area contributed by atoms with Crippen molar-refractivity contribution in [1.29, 1.82) is 0 Å². The van der Waals surface area contributed by atoms with Crippen molar-refractivity contribution in [3.63, 3.8) is 0 Å². The first-order valence-corrected chi connectivity index (χ1v) is 7.95. The van der Waals surface area contributed by atoms with Crippen LogP contribution < -0.4 is 14.8 Å². The Bertz CT molecular complexity index is 728. The maximum absolute atomic E-state index is 12.9. The molecule has 1 N–H and O–H groups in total. The van der Waals surface area contributed by atoms with E-state index in [4.69, 9.17) is 9.47 Å². The van der Waals surface area contributed by atoms with Gasteiger partial charge in [-0.15, -0.1) is 0 Å². The molecule has 1 amide bonds. The summed E-state index contributed by atoms with van der Waals surface area (Å²) in [5, 5.41) is 7.24. The Hall–Kier alpha value is -2.54. The molecule has 1 aliphatic heterocycles. The average Bonchev–Trinajstić information content (AvgIpc) is 3.21. The van der Waals surface area contributed by atoms with E-state index in [0.29, 0.717) is 13.1 Å². The van der Waals surface area contributed by atoms with Crippen molar-refractivity contribution >= 4 is 5.91 Å². The van der Waals surface area contributed by atoms with Gasteiger partial charge in [-0.05, 0) is 31.7 Å². The zero-order valence-electron chi connectivity index (χ0n) is 14.2. The first kappa shape index (κ1) is 16.3. The molecule has 0 bridgehead atoms. The molecule has 7 nitrogen and oxygen atoms in total. The van der Waals surface area contributed by atoms with E-state index in [1.807, 2.05) is 43.3 Å². The van der Waals surface area contributed by atoms with Crippen LogP contribution in [0.3, 0.4) is 0 Å². The third-order valence-electron chi connectivity index (χ3n) is 4.10. The summed E-state index contributed by atoms with van der Waals surface area (Å²) < 4.78 is 12.4. The van der Waals surface area contributed by atoms with Crippen LogP contribution in [0.5, 0.6) is 11.5 Å². The van der Waals surface area contributed by atoms with Crippen molar-refractivity contribution in [3.05, 3.63) is 41.7 Å². The number of benzene rings is 1. The highest BCUT2D eigenvalue weighted by Gasteiger charge is 2.25. The van der Waals surface area contributed by atoms with E-state index in [1.54, 1.807) is 17.9 Å². The van der Waals surface area contributed by atoms with E-state index in [-0.39, 0.29) is 12.7 Å². The van der Waals surface area contributed by atoms with Gasteiger partial charge in [-0.1, -0.05) is 6.07 Å². The van der Waals surface area contributed by atoms with Gasteiger partial charge in [-0.2, -0.15) is 5.10 Å². The molecule has 1 aromatic carbocycles. The van der Waals surface area contributed by atoms with Crippen LogP contribution >= 0.6 is 0 Å². The first-order valence-electron chi connectivity index (χ1n) is 7.95. The Kier molecular flexibility index (Phi) is 4.71. The largest absolute Gasteiger partial charge is 0.454 e. The molecule has 3 rings (SSSR count). The molecule has 24 heavy (non-hydrogen) atoms. The van der Waals surface area contributed by atoms with Gasteiger partial charge in [-0.25, -0.2) is 0 Å². The normalized spacial score (nSPS) is 13.8. The molecule has 0 saturated carbocycles. The minimum absolute atomic E-state index is 0.0191. The molecular weight excluding hydrogens is 308 g/mol. The maximum atomic E-state index is 12.9. The topological polar surface area (TPSA) is 68.6 Å². The lowest BCUT2D eigenvalue weighted by molar-refractivity contribution is -0.133. The van der Waals surface area contributed by atoms with Crippen LogP contribution in [-0.2, 0) is 18.4 Å². The molecule has 7 heteroatoms. The third-order valence-corrected chi connectivity index (χ3v) is 4.10. The zero-order chi connectivity index (χ0) is 17.1. The fourth-order valence-corrected chi connectivity index (χ4v) is 2.81. The lowest BCUT2D eigenvalue weighted by atomic mass is 10.1. The molecule has 2 aromatic rings. The minimum atomic E-state index is -0.410. The van der Waals surface area contributed by atoms with Gasteiger partial charge < -0.3 is 19.7 Å². The van der Waals surface area contributed by atoms with E-state index < -0.39 is 6.04 Å². The van der Waals surface area contributed by atoms with Gasteiger partial charge in [0.1, 0.15) is 6.04 Å². The molecule has 0 radical (unpaired) electrons. The number of carbonyl (C=O) groups excluding carboxylic acids is 1. The second kappa shape index (κ2) is 6.92. The second-order valence-corrected chi connectivity index (χ2v) is 5.71. The maximum Gasteiger partial charge on any atom is 0.244 e. The summed E-state index contributed by atoms with van der Waals surface area (Å²) in [6.45, 7) is 3.36. The van der Waals surface area contributed by atoms with Crippen molar-refractivity contribution in [2.45, 2.75) is 19.5 Å². The number of hydrogen-bond donors (Lipinski definition) is 1. The number of rotatable bonds is 6. The van der Waals surface area contributed by atoms with Crippen LogP contribution in [0.2, 0.25) is 0 Å². The van der Waals surface area contributed by atoms with Gasteiger partial charge in [0, 0.05) is 31.9 Å². The zero-order valence-corrected chi connectivity index (χ0v) is 14.2. The molecule has 1 aromatic heterocycles. The second-order valence-electron chi connectivity index (χ2n) is 5.71. The van der Waals surface area contributed by atoms with E-state index in [1.165, 1.54) is 0 Å². The lowest BCUT2D eigenvalue weighted by Crippen LogP contribution is -2.39. The number of hydrogen-bond acceptors (Lipinski definition) is 5. The fourth-order valence-electron chi connectivity index (χ4n) is 2.81. The van der Waals surface area contributed by atoms with Gasteiger partial charge in [0.25, 0.3) is 0 Å². The monoisotopic (exact) mass is 330 g/mol. The summed E-state index contributed by atoms with van der Waals surface area (Å²) in [6.07, 6.45) is 3.57. The third kappa shape index (κ3) is 3.21. The van der Waals surface area contributed by atoms with Crippen LogP contribution in [0.15, 0.2) is 30.6 Å². The molecule has 0 saturated heterocycles. The number of ether oxygens (including phenoxy) is 2. The summed E-state index contributed by atoms with van der Waals surface area (Å²) in [4.78, 5) is 14.7. The number of fused-ring (bicyclic) bond motifs is 1. The van der Waals surface area contributed by atoms with Crippen molar-refractivity contribution < 1.29 is 14.3 Å². The summed E-state index contributed by atoms with van der Waals surface area (Å²) in [5.74, 6) is 1.50. The highest BCUT2D eigenvalue weighted by atomic mass is 16.7. The summed E-state index contributed by atoms with van der Waals surface area (Å²) in [5.41, 5.74) is 1.87. The Morgan fingerprint density at radius 1 is 1.42 bits per heavy atom. The Balaban J connectivity index is 1.76. The van der Waals surface area contributed by atoms with Gasteiger partial charge in [0.2, 0.25) is 12.7 Å². The van der Waals surface area contributed by atoms with Crippen molar-refractivity contribution in [1.82, 2.24) is 20.0 Å². The van der Waals surface area contributed by atoms with E-state index in [9.17, 15) is 4.79 Å². The van der Waals surface area contributed by atoms with Crippen molar-refractivity contribution in [3.8, 4) is 11.5 Å². The molecule has 1 unspecified atom stereocenters. The van der Waals surface area contributed by atoms with Crippen LogP contribution in [-0.4, -0.2) is 41.0 Å². The van der Waals surface area contributed by atoms with Crippen molar-refractivity contribution in [2.24, 2.45) is 7.05 Å². The molecule has 0 spiro atoms. The number of aromatic nitrogens is 2. The molecule has 0 fully saturated rings. The first-order chi connectivity index (χ1) is 11.6. The minimum Gasteiger partial charge on any atom is -0.454 e. The highest BCUT2D eigenvalue weighted by Crippen LogP contribution is 2.33. The predicted molar refractivity (Wildman–Crippen MR) is 88.7 cm³/mol. The summed E-state index contributed by atoms with van der Waals surface area (Å²) in [6, 6.07) is 5.36. The van der Waals surface area contributed by atoms with Crippen LogP contribution in [0.4, 0.5) is 0 Å². The Morgan fingerprint density at radius 3 is 2.88 bits per heavy atom. The van der Waals surface area contributed by atoms with Crippen LogP contribution in [0, 0.1) is 0 Å². The van der Waals surface area contributed by atoms with Gasteiger partial charge in [-0.3, -0.25) is 9.48 Å². The molecule has 1 atom stereocenters. The van der Waals surface area contributed by atoms with Crippen LogP contribution in [0.1, 0.15) is 24.1 Å². The smallest absolute Gasteiger partial charge is 0.244 e. The van der Waals surface area contributed by atoms with Crippen molar-refractivity contribution in [2.75, 3.05) is 20.4 Å². The fraction of sp³-hybridized carbons (Fsp3) is 0.412. The Labute approximate surface area is 141 Å². The summed E-state index contributed by atoms with van der Waals surface area (Å²) in [7, 11) is 3.62. The predicted octanol–water partition coefficient (Wildman–Crippen LogP) is 1.46. The van der Waals surface area contributed by atoms with Crippen LogP contribution in [0.25, 0.3) is 0 Å². The van der Waals surface area contributed by atoms with Gasteiger partial charge >= 0.3 is 0 Å². The Morgan fingerprint density at radius 2 is 2.21 bits per heavy atom. The number of amides is 1. The lowest BCUT2D eigenvalue weighted by Gasteiger charge is -2.26. The molecule has 1 aliphatic rings. The van der Waals surface area contributed by atoms with Gasteiger partial charge in [0.15, 0.2) is 11.5 Å². The number of carbonyl (C=O) groups is 1. The summed E-state index contributed by atoms with van der Waals surface area (Å²) >= 11 is 0. The van der Waals surface area contributed by atoms with E-state index >= 15 is 0 Å². The number of likely N-dealkylation sites (N-methyl/N-ethyl adjacent to an activating group) is 2.